The summed E-state index contributed by atoms with van der Waals surface area (Å²) in [6.07, 6.45) is 0. The van der Waals surface area contributed by atoms with E-state index in [0.717, 1.165) is 6.54 Å². The molecule has 0 saturated carbocycles. The smallest absolute Gasteiger partial charge is 0.0304 e. The molecule has 1 heterocycles. The van der Waals surface area contributed by atoms with Gasteiger partial charge in [-0.25, -0.2) is 0 Å². The summed E-state index contributed by atoms with van der Waals surface area (Å²) in [5, 5.41) is 3.49. The molecular weight excluding hydrogens is 178 g/mol. The summed E-state index contributed by atoms with van der Waals surface area (Å²) < 4.78 is 0. The highest BCUT2D eigenvalue weighted by atomic mass is 32.1. The van der Waals surface area contributed by atoms with Gasteiger partial charge in [-0.05, 0) is 46.2 Å². The van der Waals surface area contributed by atoms with Crippen LogP contribution in [0.1, 0.15) is 36.1 Å². The van der Waals surface area contributed by atoms with Crippen LogP contribution in [-0.4, -0.2) is 5.54 Å². The second-order valence-corrected chi connectivity index (χ2v) is 5.90. The fourth-order valence-corrected chi connectivity index (χ4v) is 2.08. The van der Waals surface area contributed by atoms with E-state index in [2.05, 4.69) is 46.0 Å². The Morgan fingerprint density at radius 2 is 1.92 bits per heavy atom. The van der Waals surface area contributed by atoms with E-state index in [-0.39, 0.29) is 5.54 Å². The first-order chi connectivity index (χ1) is 5.88. The molecule has 0 amide bonds. The van der Waals surface area contributed by atoms with Crippen LogP contribution >= 0.6 is 11.3 Å². The molecule has 1 rings (SSSR count). The van der Waals surface area contributed by atoms with Crippen molar-refractivity contribution in [2.45, 2.75) is 46.7 Å². The Kier molecular flexibility index (Phi) is 3.14. The highest BCUT2D eigenvalue weighted by Crippen LogP contribution is 2.20. The molecule has 0 fully saturated rings. The van der Waals surface area contributed by atoms with Crippen LogP contribution < -0.4 is 5.32 Å². The van der Waals surface area contributed by atoms with Crippen molar-refractivity contribution in [1.29, 1.82) is 0 Å². The average molecular weight is 197 g/mol. The third-order valence-electron chi connectivity index (χ3n) is 2.01. The van der Waals surface area contributed by atoms with E-state index < -0.39 is 0 Å². The molecule has 0 aromatic carbocycles. The molecule has 13 heavy (non-hydrogen) atoms. The van der Waals surface area contributed by atoms with Crippen LogP contribution in [0, 0.1) is 13.8 Å². The van der Waals surface area contributed by atoms with Gasteiger partial charge in [0.1, 0.15) is 0 Å². The molecule has 0 aliphatic carbocycles. The molecule has 2 heteroatoms. The van der Waals surface area contributed by atoms with E-state index in [9.17, 15) is 0 Å². The van der Waals surface area contributed by atoms with Crippen molar-refractivity contribution in [2.75, 3.05) is 0 Å². The van der Waals surface area contributed by atoms with Gasteiger partial charge in [-0.15, -0.1) is 11.3 Å². The molecule has 0 unspecified atom stereocenters. The molecule has 1 N–H and O–H groups in total. The molecular formula is C11H19NS. The highest BCUT2D eigenvalue weighted by Gasteiger charge is 2.09. The number of hydrogen-bond donors (Lipinski definition) is 1. The molecule has 0 aliphatic rings. The van der Waals surface area contributed by atoms with Crippen molar-refractivity contribution < 1.29 is 0 Å². The summed E-state index contributed by atoms with van der Waals surface area (Å²) in [6.45, 7) is 11.9. The number of hydrogen-bond acceptors (Lipinski definition) is 2. The lowest BCUT2D eigenvalue weighted by Gasteiger charge is -2.19. The van der Waals surface area contributed by atoms with Crippen molar-refractivity contribution in [1.82, 2.24) is 5.32 Å². The van der Waals surface area contributed by atoms with Gasteiger partial charge in [-0.3, -0.25) is 0 Å². The minimum atomic E-state index is 0.214. The molecule has 74 valence electrons. The van der Waals surface area contributed by atoms with Crippen molar-refractivity contribution >= 4 is 11.3 Å². The minimum Gasteiger partial charge on any atom is -0.307 e. The lowest BCUT2D eigenvalue weighted by Crippen LogP contribution is -2.34. The molecule has 0 aliphatic heterocycles. The number of aryl methyl sites for hydroxylation is 2. The Morgan fingerprint density at radius 1 is 1.31 bits per heavy atom. The van der Waals surface area contributed by atoms with E-state index in [1.165, 1.54) is 15.3 Å². The van der Waals surface area contributed by atoms with Gasteiger partial charge in [0.15, 0.2) is 0 Å². The van der Waals surface area contributed by atoms with Crippen LogP contribution in [0.15, 0.2) is 6.07 Å². The zero-order chi connectivity index (χ0) is 10.1. The highest BCUT2D eigenvalue weighted by molar-refractivity contribution is 7.12. The Labute approximate surface area is 85.2 Å². The predicted octanol–water partition coefficient (Wildman–Crippen LogP) is 3.25. The van der Waals surface area contributed by atoms with E-state index in [4.69, 9.17) is 0 Å². The first kappa shape index (κ1) is 10.7. The third-order valence-corrected chi connectivity index (χ3v) is 3.16. The zero-order valence-corrected chi connectivity index (χ0v) is 10.0. The van der Waals surface area contributed by atoms with Crippen LogP contribution in [0.25, 0.3) is 0 Å². The van der Waals surface area contributed by atoms with Gasteiger partial charge in [0, 0.05) is 21.8 Å². The Bertz CT molecular complexity index is 261. The second-order valence-electron chi connectivity index (χ2n) is 4.56. The minimum absolute atomic E-state index is 0.214. The summed E-state index contributed by atoms with van der Waals surface area (Å²) in [6, 6.07) is 2.28. The van der Waals surface area contributed by atoms with Crippen molar-refractivity contribution in [2.24, 2.45) is 0 Å². The van der Waals surface area contributed by atoms with Crippen molar-refractivity contribution in [3.05, 3.63) is 21.4 Å². The van der Waals surface area contributed by atoms with Gasteiger partial charge in [0.2, 0.25) is 0 Å². The first-order valence-corrected chi connectivity index (χ1v) is 5.51. The number of thiophene rings is 1. The predicted molar refractivity (Wildman–Crippen MR) is 60.4 cm³/mol. The lowest BCUT2D eigenvalue weighted by molar-refractivity contribution is 0.426. The monoisotopic (exact) mass is 197 g/mol. The summed E-state index contributed by atoms with van der Waals surface area (Å²) in [7, 11) is 0. The van der Waals surface area contributed by atoms with Crippen LogP contribution in [0.4, 0.5) is 0 Å². The van der Waals surface area contributed by atoms with Crippen molar-refractivity contribution in [3.8, 4) is 0 Å². The second kappa shape index (κ2) is 3.81. The molecule has 0 saturated heterocycles. The standard InChI is InChI=1S/C11H19NS/c1-8-6-10(13-9(8)2)7-12-11(3,4)5/h6,12H,7H2,1-5H3. The van der Waals surface area contributed by atoms with Gasteiger partial charge in [0.25, 0.3) is 0 Å². The molecule has 0 atom stereocenters. The molecule has 0 radical (unpaired) electrons. The summed E-state index contributed by atoms with van der Waals surface area (Å²) in [5.41, 5.74) is 1.63. The van der Waals surface area contributed by atoms with Gasteiger partial charge < -0.3 is 5.32 Å². The summed E-state index contributed by atoms with van der Waals surface area (Å²) >= 11 is 1.89. The third kappa shape index (κ3) is 3.49. The van der Waals surface area contributed by atoms with E-state index in [1.807, 2.05) is 11.3 Å². The maximum Gasteiger partial charge on any atom is 0.0304 e. The summed E-state index contributed by atoms with van der Waals surface area (Å²) in [5.74, 6) is 0. The van der Waals surface area contributed by atoms with E-state index in [1.54, 1.807) is 0 Å². The fraction of sp³-hybridized carbons (Fsp3) is 0.636. The maximum absolute atomic E-state index is 3.49. The molecule has 1 nitrogen and oxygen atoms in total. The van der Waals surface area contributed by atoms with Gasteiger partial charge in [-0.2, -0.15) is 0 Å². The molecule has 1 aromatic rings. The fourth-order valence-electron chi connectivity index (χ4n) is 1.09. The maximum atomic E-state index is 3.49. The average Bonchev–Trinajstić information content (AvgIpc) is 2.27. The van der Waals surface area contributed by atoms with Gasteiger partial charge in [-0.1, -0.05) is 0 Å². The number of nitrogens with one attached hydrogen (secondary N) is 1. The van der Waals surface area contributed by atoms with E-state index in [0.29, 0.717) is 0 Å². The van der Waals surface area contributed by atoms with Gasteiger partial charge >= 0.3 is 0 Å². The Morgan fingerprint density at radius 3 is 2.31 bits per heavy atom. The summed E-state index contributed by atoms with van der Waals surface area (Å²) in [4.78, 5) is 2.87. The van der Waals surface area contributed by atoms with Crippen LogP contribution in [-0.2, 0) is 6.54 Å². The molecule has 0 spiro atoms. The SMILES string of the molecule is Cc1cc(CNC(C)(C)C)sc1C. The van der Waals surface area contributed by atoms with Crippen LogP contribution in [0.5, 0.6) is 0 Å². The van der Waals surface area contributed by atoms with Crippen LogP contribution in [0.2, 0.25) is 0 Å². The lowest BCUT2D eigenvalue weighted by atomic mass is 10.1. The van der Waals surface area contributed by atoms with Crippen LogP contribution in [0.3, 0.4) is 0 Å². The van der Waals surface area contributed by atoms with Gasteiger partial charge in [0.05, 0.1) is 0 Å². The normalized spacial score (nSPS) is 12.1. The topological polar surface area (TPSA) is 12.0 Å². The first-order valence-electron chi connectivity index (χ1n) is 4.69. The number of rotatable bonds is 2. The quantitative estimate of drug-likeness (QED) is 0.767. The molecule has 1 aromatic heterocycles. The Hall–Kier alpha value is -0.340. The van der Waals surface area contributed by atoms with E-state index >= 15 is 0 Å². The largest absolute Gasteiger partial charge is 0.307 e. The molecule has 0 bridgehead atoms. The zero-order valence-electron chi connectivity index (χ0n) is 9.19. The Balaban J connectivity index is 2.56. The van der Waals surface area contributed by atoms with Crippen molar-refractivity contribution in [3.63, 3.8) is 0 Å².